The lowest BCUT2D eigenvalue weighted by molar-refractivity contribution is 0.0686. The Bertz CT molecular complexity index is 954. The predicted octanol–water partition coefficient (Wildman–Crippen LogP) is 4.74. The molecule has 1 aromatic heterocycles. The van der Waals surface area contributed by atoms with E-state index in [2.05, 4.69) is 4.98 Å². The minimum atomic E-state index is -0.962. The molecule has 0 fully saturated rings. The summed E-state index contributed by atoms with van der Waals surface area (Å²) in [7, 11) is 0. The van der Waals surface area contributed by atoms with E-state index in [-0.39, 0.29) is 11.1 Å². The maximum atomic E-state index is 11.1. The van der Waals surface area contributed by atoms with E-state index in [0.717, 1.165) is 39.2 Å². The van der Waals surface area contributed by atoms with Gasteiger partial charge in [-0.15, -0.1) is 0 Å². The molecule has 2 aromatic carbocycles. The number of carboxylic acid groups (broad SMARTS) is 2. The Balaban J connectivity index is 2.15. The van der Waals surface area contributed by atoms with Crippen LogP contribution in [0, 0.1) is 20.8 Å². The second kappa shape index (κ2) is 7.03. The molecule has 0 saturated heterocycles. The second-order valence-electron chi connectivity index (χ2n) is 6.42. The molecule has 0 radical (unpaired) electrons. The first-order valence-electron chi connectivity index (χ1n) is 8.45. The molecule has 5 heteroatoms. The van der Waals surface area contributed by atoms with Crippen molar-refractivity contribution >= 4 is 11.9 Å². The number of aryl methyl sites for hydroxylation is 2. The highest BCUT2D eigenvalue weighted by Crippen LogP contribution is 2.35. The van der Waals surface area contributed by atoms with Crippen molar-refractivity contribution in [3.05, 3.63) is 76.6 Å². The van der Waals surface area contributed by atoms with E-state index >= 15 is 0 Å². The van der Waals surface area contributed by atoms with Crippen molar-refractivity contribution < 1.29 is 19.8 Å². The third kappa shape index (κ3) is 3.44. The quantitative estimate of drug-likeness (QED) is 0.701. The predicted molar refractivity (Wildman–Crippen MR) is 103 cm³/mol. The summed E-state index contributed by atoms with van der Waals surface area (Å²) in [5.74, 6) is -1.92. The molecule has 0 amide bonds. The lowest BCUT2D eigenvalue weighted by atomic mass is 9.90. The maximum Gasteiger partial charge on any atom is 0.335 e. The van der Waals surface area contributed by atoms with Crippen LogP contribution in [0.15, 0.2) is 48.5 Å². The van der Waals surface area contributed by atoms with E-state index in [1.807, 2.05) is 20.8 Å². The van der Waals surface area contributed by atoms with E-state index < -0.39 is 11.9 Å². The zero-order chi connectivity index (χ0) is 19.7. The van der Waals surface area contributed by atoms with E-state index in [4.69, 9.17) is 10.2 Å². The smallest absolute Gasteiger partial charge is 0.335 e. The van der Waals surface area contributed by atoms with E-state index in [9.17, 15) is 9.59 Å². The van der Waals surface area contributed by atoms with Gasteiger partial charge in [0.25, 0.3) is 0 Å². The van der Waals surface area contributed by atoms with Gasteiger partial charge in [0.05, 0.1) is 11.1 Å². The van der Waals surface area contributed by atoms with Crippen molar-refractivity contribution in [1.29, 1.82) is 0 Å². The molecular formula is C22H19NO4. The van der Waals surface area contributed by atoms with Crippen LogP contribution < -0.4 is 0 Å². The molecule has 0 atom stereocenters. The highest BCUT2D eigenvalue weighted by molar-refractivity contribution is 5.90. The first kappa shape index (κ1) is 18.3. The molecule has 0 aliphatic carbocycles. The summed E-state index contributed by atoms with van der Waals surface area (Å²) in [6.45, 7) is 5.86. The number of rotatable bonds is 4. The zero-order valence-electron chi connectivity index (χ0n) is 15.3. The molecule has 0 unspecified atom stereocenters. The van der Waals surface area contributed by atoms with Gasteiger partial charge in [0, 0.05) is 22.5 Å². The standard InChI is InChI=1S/C22H19NO4/c1-12-19(15-4-8-17(9-5-15)21(24)25)13(2)23-14(3)20(12)16-6-10-18(11-7-16)22(26)27/h4-11H,1-3H3,(H,24,25)(H,26,27). The average Bonchev–Trinajstić information content (AvgIpc) is 2.62. The number of hydrogen-bond donors (Lipinski definition) is 2. The van der Waals surface area contributed by atoms with Gasteiger partial charge in [0.15, 0.2) is 0 Å². The number of benzene rings is 2. The van der Waals surface area contributed by atoms with Crippen LogP contribution in [0.2, 0.25) is 0 Å². The fourth-order valence-corrected chi connectivity index (χ4v) is 3.44. The van der Waals surface area contributed by atoms with Gasteiger partial charge >= 0.3 is 11.9 Å². The third-order valence-electron chi connectivity index (χ3n) is 4.65. The fraction of sp³-hybridized carbons (Fsp3) is 0.136. The van der Waals surface area contributed by atoms with Crippen LogP contribution in [-0.2, 0) is 0 Å². The van der Waals surface area contributed by atoms with Gasteiger partial charge in [-0.3, -0.25) is 4.98 Å². The summed E-state index contributed by atoms with van der Waals surface area (Å²) in [6, 6.07) is 13.5. The topological polar surface area (TPSA) is 87.5 Å². The SMILES string of the molecule is Cc1nc(C)c(-c2ccc(C(=O)O)cc2)c(C)c1-c1ccc(C(=O)O)cc1. The van der Waals surface area contributed by atoms with E-state index in [1.54, 1.807) is 48.5 Å². The average molecular weight is 361 g/mol. The minimum absolute atomic E-state index is 0.235. The maximum absolute atomic E-state index is 11.1. The Morgan fingerprint density at radius 3 is 1.30 bits per heavy atom. The monoisotopic (exact) mass is 361 g/mol. The Kier molecular flexibility index (Phi) is 4.77. The molecule has 0 saturated carbocycles. The highest BCUT2D eigenvalue weighted by atomic mass is 16.4. The molecule has 0 aliphatic heterocycles. The summed E-state index contributed by atoms with van der Waals surface area (Å²) in [5, 5.41) is 18.2. The Morgan fingerprint density at radius 1 is 0.667 bits per heavy atom. The summed E-state index contributed by atoms with van der Waals surface area (Å²) in [4.78, 5) is 26.8. The lowest BCUT2D eigenvalue weighted by Gasteiger charge is -2.17. The molecule has 27 heavy (non-hydrogen) atoms. The lowest BCUT2D eigenvalue weighted by Crippen LogP contribution is -2.01. The normalized spacial score (nSPS) is 10.6. The van der Waals surface area contributed by atoms with Crippen LogP contribution >= 0.6 is 0 Å². The van der Waals surface area contributed by atoms with Gasteiger partial charge in [-0.1, -0.05) is 24.3 Å². The van der Waals surface area contributed by atoms with Crippen molar-refractivity contribution in [3.63, 3.8) is 0 Å². The molecule has 136 valence electrons. The summed E-state index contributed by atoms with van der Waals surface area (Å²) in [6.07, 6.45) is 0. The van der Waals surface area contributed by atoms with Crippen LogP contribution in [0.1, 0.15) is 37.7 Å². The number of aromatic carboxylic acids is 2. The minimum Gasteiger partial charge on any atom is -0.478 e. The summed E-state index contributed by atoms with van der Waals surface area (Å²) < 4.78 is 0. The van der Waals surface area contributed by atoms with Gasteiger partial charge in [0.1, 0.15) is 0 Å². The fourth-order valence-electron chi connectivity index (χ4n) is 3.44. The summed E-state index contributed by atoms with van der Waals surface area (Å²) >= 11 is 0. The zero-order valence-corrected chi connectivity index (χ0v) is 15.3. The number of hydrogen-bond acceptors (Lipinski definition) is 3. The van der Waals surface area contributed by atoms with Crippen LogP contribution in [0.3, 0.4) is 0 Å². The van der Waals surface area contributed by atoms with Crippen LogP contribution in [0.4, 0.5) is 0 Å². The Hall–Kier alpha value is -3.47. The molecule has 0 spiro atoms. The van der Waals surface area contributed by atoms with Crippen LogP contribution in [-0.4, -0.2) is 27.1 Å². The van der Waals surface area contributed by atoms with Crippen molar-refractivity contribution in [2.24, 2.45) is 0 Å². The summed E-state index contributed by atoms with van der Waals surface area (Å²) in [5.41, 5.74) is 6.91. The Labute approximate surface area is 157 Å². The largest absolute Gasteiger partial charge is 0.478 e. The first-order chi connectivity index (χ1) is 12.8. The molecule has 3 aromatic rings. The van der Waals surface area contributed by atoms with Gasteiger partial charge in [-0.2, -0.15) is 0 Å². The highest BCUT2D eigenvalue weighted by Gasteiger charge is 2.16. The number of pyridine rings is 1. The molecule has 3 rings (SSSR count). The number of aromatic nitrogens is 1. The number of nitrogens with zero attached hydrogens (tertiary/aromatic N) is 1. The van der Waals surface area contributed by atoms with Crippen LogP contribution in [0.5, 0.6) is 0 Å². The van der Waals surface area contributed by atoms with Gasteiger partial charge in [-0.25, -0.2) is 9.59 Å². The Morgan fingerprint density at radius 2 is 1.00 bits per heavy atom. The van der Waals surface area contributed by atoms with Gasteiger partial charge in [0.2, 0.25) is 0 Å². The molecule has 5 nitrogen and oxygen atoms in total. The van der Waals surface area contributed by atoms with Crippen molar-refractivity contribution in [1.82, 2.24) is 4.98 Å². The first-order valence-corrected chi connectivity index (χ1v) is 8.45. The van der Waals surface area contributed by atoms with Crippen molar-refractivity contribution in [2.45, 2.75) is 20.8 Å². The third-order valence-corrected chi connectivity index (χ3v) is 4.65. The van der Waals surface area contributed by atoms with E-state index in [1.165, 1.54) is 0 Å². The van der Waals surface area contributed by atoms with Crippen molar-refractivity contribution in [3.8, 4) is 22.3 Å². The number of carboxylic acids is 2. The molecular weight excluding hydrogens is 342 g/mol. The molecule has 0 bridgehead atoms. The molecule has 1 heterocycles. The molecule has 0 aliphatic rings. The number of carbonyl (C=O) groups is 2. The molecule has 2 N–H and O–H groups in total. The van der Waals surface area contributed by atoms with Gasteiger partial charge < -0.3 is 10.2 Å². The second-order valence-corrected chi connectivity index (χ2v) is 6.42. The van der Waals surface area contributed by atoms with Crippen molar-refractivity contribution in [2.75, 3.05) is 0 Å². The van der Waals surface area contributed by atoms with Crippen LogP contribution in [0.25, 0.3) is 22.3 Å². The van der Waals surface area contributed by atoms with E-state index in [0.29, 0.717) is 0 Å². The van der Waals surface area contributed by atoms with Gasteiger partial charge in [-0.05, 0) is 61.7 Å².